The number of nitrogens with zero attached hydrogens (tertiary/aromatic N) is 1. The summed E-state index contributed by atoms with van der Waals surface area (Å²) >= 11 is 1.21. The first-order valence-corrected chi connectivity index (χ1v) is 5.67. The Morgan fingerprint density at radius 1 is 1.59 bits per heavy atom. The van der Waals surface area contributed by atoms with Crippen molar-refractivity contribution in [2.75, 3.05) is 6.54 Å². The molecule has 0 saturated carbocycles. The van der Waals surface area contributed by atoms with Crippen LogP contribution in [-0.4, -0.2) is 29.3 Å². The fourth-order valence-corrected chi connectivity index (χ4v) is 2.33. The van der Waals surface area contributed by atoms with Gasteiger partial charge in [-0.05, 0) is 17.0 Å². The van der Waals surface area contributed by atoms with Crippen LogP contribution in [0.25, 0.3) is 0 Å². The van der Waals surface area contributed by atoms with E-state index in [0.29, 0.717) is 10.4 Å². The first-order chi connectivity index (χ1) is 8.13. The lowest BCUT2D eigenvalue weighted by Crippen LogP contribution is -2.33. The van der Waals surface area contributed by atoms with E-state index in [1.807, 2.05) is 5.43 Å². The van der Waals surface area contributed by atoms with Gasteiger partial charge in [-0.25, -0.2) is 10.6 Å². The maximum absolute atomic E-state index is 11.4. The predicted octanol–water partition coefficient (Wildman–Crippen LogP) is -0.597. The van der Waals surface area contributed by atoms with Crippen molar-refractivity contribution in [1.29, 1.82) is 0 Å². The molecule has 0 aliphatic carbocycles. The molecule has 1 aromatic rings. The van der Waals surface area contributed by atoms with Gasteiger partial charge >= 0.3 is 6.03 Å². The van der Waals surface area contributed by atoms with Gasteiger partial charge in [0.15, 0.2) is 0 Å². The van der Waals surface area contributed by atoms with Crippen LogP contribution < -0.4 is 16.6 Å². The van der Waals surface area contributed by atoms with Crippen molar-refractivity contribution >= 4 is 29.2 Å². The van der Waals surface area contributed by atoms with Crippen LogP contribution in [-0.2, 0) is 11.3 Å². The summed E-state index contributed by atoms with van der Waals surface area (Å²) in [5.74, 6) is 4.31. The zero-order valence-electron chi connectivity index (χ0n) is 8.73. The first kappa shape index (κ1) is 11.6. The van der Waals surface area contributed by atoms with Crippen molar-refractivity contribution in [2.24, 2.45) is 5.84 Å². The summed E-state index contributed by atoms with van der Waals surface area (Å²) in [6.45, 7) is 0.0817. The molecule has 2 rings (SSSR count). The molecule has 0 unspecified atom stereocenters. The minimum absolute atomic E-state index is 0.00138. The minimum Gasteiger partial charge on any atom is -0.329 e. The van der Waals surface area contributed by atoms with Crippen LogP contribution in [0.2, 0.25) is 0 Å². The molecule has 4 amide bonds. The Hall–Kier alpha value is -1.93. The van der Waals surface area contributed by atoms with E-state index in [0.717, 1.165) is 4.90 Å². The summed E-state index contributed by atoms with van der Waals surface area (Å²) in [6, 6.07) is 1.24. The SMILES string of the molecule is NNC(=O)c1sccc1CN1C(=O)CNC1=O. The largest absolute Gasteiger partial charge is 0.329 e. The second-order valence-electron chi connectivity index (χ2n) is 3.39. The number of hydrogen-bond donors (Lipinski definition) is 3. The molecule has 1 aliphatic heterocycles. The zero-order valence-corrected chi connectivity index (χ0v) is 9.54. The lowest BCUT2D eigenvalue weighted by Gasteiger charge is -2.12. The van der Waals surface area contributed by atoms with Crippen molar-refractivity contribution < 1.29 is 14.4 Å². The number of imide groups is 1. The van der Waals surface area contributed by atoms with Crippen LogP contribution in [0.4, 0.5) is 4.79 Å². The van der Waals surface area contributed by atoms with Gasteiger partial charge < -0.3 is 5.32 Å². The number of hydrazine groups is 1. The van der Waals surface area contributed by atoms with Crippen molar-refractivity contribution in [3.63, 3.8) is 0 Å². The van der Waals surface area contributed by atoms with Gasteiger partial charge in [0.2, 0.25) is 5.91 Å². The molecule has 90 valence electrons. The molecule has 0 bridgehead atoms. The molecular formula is C9H10N4O3S. The van der Waals surface area contributed by atoms with Gasteiger partial charge in [0.05, 0.1) is 18.0 Å². The predicted molar refractivity (Wildman–Crippen MR) is 59.9 cm³/mol. The average molecular weight is 254 g/mol. The van der Waals surface area contributed by atoms with E-state index in [1.165, 1.54) is 11.3 Å². The van der Waals surface area contributed by atoms with E-state index < -0.39 is 11.9 Å². The fourth-order valence-electron chi connectivity index (χ4n) is 1.51. The van der Waals surface area contributed by atoms with E-state index in [9.17, 15) is 14.4 Å². The Morgan fingerprint density at radius 2 is 2.35 bits per heavy atom. The number of carbonyl (C=O) groups excluding carboxylic acids is 3. The molecule has 0 radical (unpaired) electrons. The first-order valence-electron chi connectivity index (χ1n) is 4.79. The maximum atomic E-state index is 11.4. The lowest BCUT2D eigenvalue weighted by molar-refractivity contribution is -0.125. The molecule has 1 fully saturated rings. The van der Waals surface area contributed by atoms with Gasteiger partial charge in [-0.3, -0.25) is 19.9 Å². The third-order valence-electron chi connectivity index (χ3n) is 2.35. The maximum Gasteiger partial charge on any atom is 0.324 e. The average Bonchev–Trinajstić information content (AvgIpc) is 2.90. The number of thiophene rings is 1. The van der Waals surface area contributed by atoms with E-state index in [4.69, 9.17) is 5.84 Å². The molecule has 1 aliphatic rings. The van der Waals surface area contributed by atoms with Crippen LogP contribution in [0, 0.1) is 0 Å². The number of hydrogen-bond acceptors (Lipinski definition) is 5. The van der Waals surface area contributed by atoms with Gasteiger partial charge in [0.1, 0.15) is 0 Å². The van der Waals surface area contributed by atoms with Crippen LogP contribution in [0.5, 0.6) is 0 Å². The molecule has 0 spiro atoms. The number of rotatable bonds is 3. The van der Waals surface area contributed by atoms with Gasteiger partial charge in [0, 0.05) is 0 Å². The molecule has 8 heteroatoms. The normalized spacial score (nSPS) is 15.0. The smallest absolute Gasteiger partial charge is 0.324 e. The van der Waals surface area contributed by atoms with Crippen molar-refractivity contribution in [3.05, 3.63) is 21.9 Å². The monoisotopic (exact) mass is 254 g/mol. The summed E-state index contributed by atoms with van der Waals surface area (Å²) in [5.41, 5.74) is 2.62. The third kappa shape index (κ3) is 2.12. The topological polar surface area (TPSA) is 105 Å². The summed E-state index contributed by atoms with van der Waals surface area (Å²) in [7, 11) is 0. The van der Waals surface area contributed by atoms with Crippen LogP contribution in [0.3, 0.4) is 0 Å². The highest BCUT2D eigenvalue weighted by Gasteiger charge is 2.29. The van der Waals surface area contributed by atoms with Gasteiger partial charge in [-0.15, -0.1) is 11.3 Å². The molecule has 17 heavy (non-hydrogen) atoms. The number of nitrogen functional groups attached to an aromatic ring is 1. The number of nitrogens with two attached hydrogens (primary N) is 1. The molecule has 2 heterocycles. The van der Waals surface area contributed by atoms with Crippen molar-refractivity contribution in [1.82, 2.24) is 15.6 Å². The highest BCUT2D eigenvalue weighted by molar-refractivity contribution is 7.12. The quantitative estimate of drug-likeness (QED) is 0.290. The number of nitrogens with one attached hydrogen (secondary N) is 2. The van der Waals surface area contributed by atoms with E-state index in [-0.39, 0.29) is 19.0 Å². The Morgan fingerprint density at radius 3 is 2.94 bits per heavy atom. The zero-order chi connectivity index (χ0) is 12.4. The Balaban J connectivity index is 2.19. The van der Waals surface area contributed by atoms with Gasteiger partial charge in [-0.2, -0.15) is 0 Å². The molecule has 7 nitrogen and oxygen atoms in total. The summed E-state index contributed by atoms with van der Waals surface area (Å²) in [6.07, 6.45) is 0. The van der Waals surface area contributed by atoms with Crippen molar-refractivity contribution in [3.8, 4) is 0 Å². The molecule has 1 aromatic heterocycles. The third-order valence-corrected chi connectivity index (χ3v) is 3.31. The number of carbonyl (C=O) groups is 3. The number of amides is 4. The summed E-state index contributed by atoms with van der Waals surface area (Å²) in [5, 5.41) is 4.12. The van der Waals surface area contributed by atoms with Crippen LogP contribution >= 0.6 is 11.3 Å². The molecule has 0 aromatic carbocycles. The molecule has 0 atom stereocenters. The molecule has 1 saturated heterocycles. The molecule has 4 N–H and O–H groups in total. The second kappa shape index (κ2) is 4.52. The Bertz CT molecular complexity index is 468. The van der Waals surface area contributed by atoms with Crippen LogP contribution in [0.1, 0.15) is 15.2 Å². The van der Waals surface area contributed by atoms with Crippen LogP contribution in [0.15, 0.2) is 11.4 Å². The summed E-state index contributed by atoms with van der Waals surface area (Å²) in [4.78, 5) is 35.6. The Labute approximate surface area is 101 Å². The summed E-state index contributed by atoms with van der Waals surface area (Å²) < 4.78 is 0. The van der Waals surface area contributed by atoms with E-state index in [2.05, 4.69) is 5.32 Å². The number of urea groups is 1. The van der Waals surface area contributed by atoms with E-state index in [1.54, 1.807) is 11.4 Å². The van der Waals surface area contributed by atoms with Gasteiger partial charge in [-0.1, -0.05) is 0 Å². The van der Waals surface area contributed by atoms with Gasteiger partial charge in [0.25, 0.3) is 5.91 Å². The lowest BCUT2D eigenvalue weighted by atomic mass is 10.2. The van der Waals surface area contributed by atoms with E-state index >= 15 is 0 Å². The second-order valence-corrected chi connectivity index (χ2v) is 4.30. The highest BCUT2D eigenvalue weighted by Crippen LogP contribution is 2.19. The highest BCUT2D eigenvalue weighted by atomic mass is 32.1. The standard InChI is InChI=1S/C9H10N4O3S/c10-12-8(15)7-5(1-2-17-7)4-13-6(14)3-11-9(13)16/h1-2H,3-4,10H2,(H,11,16)(H,12,15). The van der Waals surface area contributed by atoms with Crippen molar-refractivity contribution in [2.45, 2.75) is 6.54 Å². The Kier molecular flexibility index (Phi) is 3.07. The fraction of sp³-hybridized carbons (Fsp3) is 0.222. The molecular weight excluding hydrogens is 244 g/mol. The minimum atomic E-state index is -0.444.